The molecule has 21 heavy (non-hydrogen) atoms. The third-order valence-electron chi connectivity index (χ3n) is 3.22. The van der Waals surface area contributed by atoms with Gasteiger partial charge in [-0.2, -0.15) is 0 Å². The summed E-state index contributed by atoms with van der Waals surface area (Å²) in [6.07, 6.45) is 1.66. The molecule has 0 aliphatic heterocycles. The molecule has 0 aliphatic rings. The summed E-state index contributed by atoms with van der Waals surface area (Å²) in [4.78, 5) is 9.18. The Bertz CT molecular complexity index is 735. The molecule has 0 fully saturated rings. The SMILES string of the molecule is CCNc1cc(-c2ccccc2)nc(-c2occc2C)n1. The summed E-state index contributed by atoms with van der Waals surface area (Å²) in [6.45, 7) is 4.84. The summed E-state index contributed by atoms with van der Waals surface area (Å²) in [5, 5.41) is 3.25. The second-order valence-corrected chi connectivity index (χ2v) is 4.79. The van der Waals surface area contributed by atoms with Gasteiger partial charge < -0.3 is 9.73 Å². The predicted molar refractivity (Wildman–Crippen MR) is 84.1 cm³/mol. The van der Waals surface area contributed by atoms with Crippen LogP contribution in [0.1, 0.15) is 12.5 Å². The molecule has 0 aliphatic carbocycles. The highest BCUT2D eigenvalue weighted by molar-refractivity contribution is 5.66. The fourth-order valence-corrected chi connectivity index (χ4v) is 2.18. The van der Waals surface area contributed by atoms with Gasteiger partial charge in [-0.15, -0.1) is 0 Å². The zero-order valence-electron chi connectivity index (χ0n) is 12.1. The Morgan fingerprint density at radius 1 is 1.10 bits per heavy atom. The Hall–Kier alpha value is -2.62. The van der Waals surface area contributed by atoms with E-state index in [0.717, 1.165) is 29.2 Å². The lowest BCUT2D eigenvalue weighted by Crippen LogP contribution is -2.02. The number of benzene rings is 1. The van der Waals surface area contributed by atoms with Gasteiger partial charge in [0.15, 0.2) is 11.6 Å². The first-order chi connectivity index (χ1) is 10.3. The standard InChI is InChI=1S/C17H17N3O/c1-3-18-15-11-14(13-7-5-4-6-8-13)19-17(20-15)16-12(2)9-10-21-16/h4-11H,3H2,1-2H3,(H,18,19,20). The molecule has 0 bridgehead atoms. The van der Waals surface area contributed by atoms with Gasteiger partial charge in [0.1, 0.15) is 5.82 Å². The largest absolute Gasteiger partial charge is 0.461 e. The fourth-order valence-electron chi connectivity index (χ4n) is 2.18. The maximum atomic E-state index is 5.52. The van der Waals surface area contributed by atoms with Crippen molar-refractivity contribution in [3.05, 3.63) is 54.3 Å². The second-order valence-electron chi connectivity index (χ2n) is 4.79. The zero-order chi connectivity index (χ0) is 14.7. The lowest BCUT2D eigenvalue weighted by molar-refractivity contribution is 0.576. The number of anilines is 1. The van der Waals surface area contributed by atoms with E-state index in [1.807, 2.05) is 56.3 Å². The summed E-state index contributed by atoms with van der Waals surface area (Å²) in [6, 6.07) is 14.0. The Labute approximate surface area is 123 Å². The van der Waals surface area contributed by atoms with Crippen LogP contribution in [-0.4, -0.2) is 16.5 Å². The number of hydrogen-bond acceptors (Lipinski definition) is 4. The third-order valence-corrected chi connectivity index (χ3v) is 3.22. The van der Waals surface area contributed by atoms with Gasteiger partial charge >= 0.3 is 0 Å². The van der Waals surface area contributed by atoms with Crippen LogP contribution in [0.25, 0.3) is 22.8 Å². The Balaban J connectivity index is 2.13. The van der Waals surface area contributed by atoms with Crippen LogP contribution in [0, 0.1) is 6.92 Å². The Kier molecular flexibility index (Phi) is 3.69. The number of aryl methyl sites for hydroxylation is 1. The van der Waals surface area contributed by atoms with Crippen molar-refractivity contribution in [2.75, 3.05) is 11.9 Å². The van der Waals surface area contributed by atoms with E-state index in [0.29, 0.717) is 11.6 Å². The topological polar surface area (TPSA) is 51.0 Å². The van der Waals surface area contributed by atoms with Crippen molar-refractivity contribution in [2.24, 2.45) is 0 Å². The summed E-state index contributed by atoms with van der Waals surface area (Å²) >= 11 is 0. The van der Waals surface area contributed by atoms with Crippen LogP contribution in [0.5, 0.6) is 0 Å². The van der Waals surface area contributed by atoms with E-state index < -0.39 is 0 Å². The smallest absolute Gasteiger partial charge is 0.198 e. The number of furan rings is 1. The molecule has 1 aromatic carbocycles. The molecular weight excluding hydrogens is 262 g/mol. The average molecular weight is 279 g/mol. The molecule has 4 heteroatoms. The van der Waals surface area contributed by atoms with Crippen LogP contribution in [0.15, 0.2) is 53.1 Å². The monoisotopic (exact) mass is 279 g/mol. The molecule has 1 N–H and O–H groups in total. The van der Waals surface area contributed by atoms with Crippen LogP contribution in [0.2, 0.25) is 0 Å². The molecule has 2 heterocycles. The van der Waals surface area contributed by atoms with Crippen molar-refractivity contribution in [3.8, 4) is 22.8 Å². The highest BCUT2D eigenvalue weighted by atomic mass is 16.3. The molecule has 0 spiro atoms. The minimum absolute atomic E-state index is 0.606. The van der Waals surface area contributed by atoms with Crippen LogP contribution < -0.4 is 5.32 Å². The number of nitrogens with one attached hydrogen (secondary N) is 1. The molecule has 4 nitrogen and oxygen atoms in total. The van der Waals surface area contributed by atoms with Crippen LogP contribution >= 0.6 is 0 Å². The number of nitrogens with zero attached hydrogens (tertiary/aromatic N) is 2. The molecule has 0 saturated carbocycles. The highest BCUT2D eigenvalue weighted by Gasteiger charge is 2.12. The van der Waals surface area contributed by atoms with Crippen LogP contribution in [-0.2, 0) is 0 Å². The molecule has 0 unspecified atom stereocenters. The van der Waals surface area contributed by atoms with Gasteiger partial charge in [-0.25, -0.2) is 9.97 Å². The van der Waals surface area contributed by atoms with Gasteiger partial charge in [0, 0.05) is 18.2 Å². The van der Waals surface area contributed by atoms with Crippen molar-refractivity contribution < 1.29 is 4.42 Å². The maximum Gasteiger partial charge on any atom is 0.198 e. The van der Waals surface area contributed by atoms with Crippen molar-refractivity contribution in [2.45, 2.75) is 13.8 Å². The first kappa shape index (κ1) is 13.4. The quantitative estimate of drug-likeness (QED) is 0.779. The van der Waals surface area contributed by atoms with E-state index in [1.165, 1.54) is 0 Å². The zero-order valence-corrected chi connectivity index (χ0v) is 12.1. The van der Waals surface area contributed by atoms with E-state index in [4.69, 9.17) is 4.42 Å². The van der Waals surface area contributed by atoms with E-state index in [-0.39, 0.29) is 0 Å². The summed E-state index contributed by atoms with van der Waals surface area (Å²) < 4.78 is 5.52. The molecule has 0 radical (unpaired) electrons. The van der Waals surface area contributed by atoms with Gasteiger partial charge in [-0.1, -0.05) is 30.3 Å². The first-order valence-corrected chi connectivity index (χ1v) is 7.00. The van der Waals surface area contributed by atoms with Gasteiger partial charge in [-0.05, 0) is 25.5 Å². The fraction of sp³-hybridized carbons (Fsp3) is 0.176. The molecule has 0 atom stereocenters. The van der Waals surface area contributed by atoms with E-state index in [2.05, 4.69) is 15.3 Å². The minimum atomic E-state index is 0.606. The molecule has 3 aromatic rings. The summed E-state index contributed by atoms with van der Waals surface area (Å²) in [5.41, 5.74) is 2.97. The Morgan fingerprint density at radius 3 is 2.57 bits per heavy atom. The van der Waals surface area contributed by atoms with E-state index in [1.54, 1.807) is 6.26 Å². The molecule has 0 saturated heterocycles. The van der Waals surface area contributed by atoms with E-state index in [9.17, 15) is 0 Å². The van der Waals surface area contributed by atoms with Crippen molar-refractivity contribution in [3.63, 3.8) is 0 Å². The highest BCUT2D eigenvalue weighted by Crippen LogP contribution is 2.26. The second kappa shape index (κ2) is 5.79. The third kappa shape index (κ3) is 2.79. The summed E-state index contributed by atoms with van der Waals surface area (Å²) in [7, 11) is 0. The van der Waals surface area contributed by atoms with Crippen molar-refractivity contribution >= 4 is 5.82 Å². The molecule has 0 amide bonds. The van der Waals surface area contributed by atoms with Crippen LogP contribution in [0.3, 0.4) is 0 Å². The lowest BCUT2D eigenvalue weighted by Gasteiger charge is -2.08. The molecular formula is C17H17N3O. The van der Waals surface area contributed by atoms with Crippen LogP contribution in [0.4, 0.5) is 5.82 Å². The lowest BCUT2D eigenvalue weighted by atomic mass is 10.1. The van der Waals surface area contributed by atoms with Crippen molar-refractivity contribution in [1.82, 2.24) is 9.97 Å². The first-order valence-electron chi connectivity index (χ1n) is 7.00. The minimum Gasteiger partial charge on any atom is -0.461 e. The number of rotatable bonds is 4. The number of aromatic nitrogens is 2. The van der Waals surface area contributed by atoms with Gasteiger partial charge in [-0.3, -0.25) is 0 Å². The Morgan fingerprint density at radius 2 is 1.90 bits per heavy atom. The number of hydrogen-bond donors (Lipinski definition) is 1. The summed E-state index contributed by atoms with van der Waals surface area (Å²) in [5.74, 6) is 2.12. The molecule has 2 aromatic heterocycles. The van der Waals surface area contributed by atoms with Gasteiger partial charge in [0.05, 0.1) is 12.0 Å². The average Bonchev–Trinajstić information content (AvgIpc) is 2.94. The van der Waals surface area contributed by atoms with Gasteiger partial charge in [0.25, 0.3) is 0 Å². The van der Waals surface area contributed by atoms with Crippen molar-refractivity contribution in [1.29, 1.82) is 0 Å². The normalized spacial score (nSPS) is 10.6. The predicted octanol–water partition coefficient (Wildman–Crippen LogP) is 4.14. The molecule has 106 valence electrons. The van der Waals surface area contributed by atoms with E-state index >= 15 is 0 Å². The molecule has 3 rings (SSSR count). The van der Waals surface area contributed by atoms with Gasteiger partial charge in [0.2, 0.25) is 0 Å². The maximum absolute atomic E-state index is 5.52.